The molecule has 0 saturated heterocycles. The SMILES string of the molecule is COc1ccc(C)cc1/C=C/C(=O)NCCCc1nc2ccccc2s1. The predicted molar refractivity (Wildman–Crippen MR) is 108 cm³/mol. The molecular weight excluding hydrogens is 344 g/mol. The van der Waals surface area contributed by atoms with Crippen molar-refractivity contribution in [2.45, 2.75) is 19.8 Å². The van der Waals surface area contributed by atoms with Gasteiger partial charge >= 0.3 is 0 Å². The number of rotatable bonds is 7. The van der Waals surface area contributed by atoms with Crippen LogP contribution in [0.1, 0.15) is 22.6 Å². The van der Waals surface area contributed by atoms with Crippen LogP contribution in [0.4, 0.5) is 0 Å². The van der Waals surface area contributed by atoms with E-state index in [0.29, 0.717) is 6.54 Å². The minimum Gasteiger partial charge on any atom is -0.496 e. The molecule has 0 unspecified atom stereocenters. The Bertz CT molecular complexity index is 898. The first-order valence-corrected chi connectivity index (χ1v) is 9.42. The summed E-state index contributed by atoms with van der Waals surface area (Å²) in [5, 5.41) is 4.03. The zero-order valence-electron chi connectivity index (χ0n) is 15.0. The minimum atomic E-state index is -0.0992. The van der Waals surface area contributed by atoms with Gasteiger partial charge in [0.1, 0.15) is 5.75 Å². The van der Waals surface area contributed by atoms with Crippen LogP contribution in [-0.4, -0.2) is 24.5 Å². The van der Waals surface area contributed by atoms with E-state index >= 15 is 0 Å². The zero-order chi connectivity index (χ0) is 18.4. The van der Waals surface area contributed by atoms with Crippen molar-refractivity contribution < 1.29 is 9.53 Å². The van der Waals surface area contributed by atoms with Crippen LogP contribution in [0.15, 0.2) is 48.5 Å². The lowest BCUT2D eigenvalue weighted by Gasteiger charge is -2.05. The Balaban J connectivity index is 1.47. The Labute approximate surface area is 157 Å². The minimum absolute atomic E-state index is 0.0992. The molecule has 5 heteroatoms. The normalized spacial score (nSPS) is 11.2. The Hall–Kier alpha value is -2.66. The first-order valence-electron chi connectivity index (χ1n) is 8.61. The van der Waals surface area contributed by atoms with Gasteiger partial charge in [-0.25, -0.2) is 4.98 Å². The average Bonchev–Trinajstić information content (AvgIpc) is 3.06. The van der Waals surface area contributed by atoms with E-state index in [9.17, 15) is 4.79 Å². The quantitative estimate of drug-likeness (QED) is 0.499. The number of nitrogens with one attached hydrogen (secondary N) is 1. The van der Waals surface area contributed by atoms with Crippen molar-refractivity contribution in [1.82, 2.24) is 10.3 Å². The molecule has 2 aromatic carbocycles. The summed E-state index contributed by atoms with van der Waals surface area (Å²) >= 11 is 1.72. The molecule has 0 saturated carbocycles. The Morgan fingerprint density at radius 3 is 2.92 bits per heavy atom. The predicted octanol–water partition coefficient (Wildman–Crippen LogP) is 4.38. The lowest BCUT2D eigenvalue weighted by molar-refractivity contribution is -0.116. The number of para-hydroxylation sites is 1. The maximum Gasteiger partial charge on any atom is 0.244 e. The summed E-state index contributed by atoms with van der Waals surface area (Å²) in [5.41, 5.74) is 3.07. The molecular formula is C21H22N2O2S. The van der Waals surface area contributed by atoms with Gasteiger partial charge in [0.15, 0.2) is 0 Å². The molecule has 0 fully saturated rings. The smallest absolute Gasteiger partial charge is 0.244 e. The number of carbonyl (C=O) groups excluding carboxylic acids is 1. The number of benzene rings is 2. The van der Waals surface area contributed by atoms with Gasteiger partial charge in [-0.05, 0) is 43.7 Å². The second-order valence-corrected chi connectivity index (χ2v) is 7.16. The fourth-order valence-electron chi connectivity index (χ4n) is 2.69. The number of nitrogens with zero attached hydrogens (tertiary/aromatic N) is 1. The maximum absolute atomic E-state index is 12.0. The number of ether oxygens (including phenoxy) is 1. The largest absolute Gasteiger partial charge is 0.496 e. The van der Waals surface area contributed by atoms with Gasteiger partial charge < -0.3 is 10.1 Å². The van der Waals surface area contributed by atoms with Crippen molar-refractivity contribution in [2.75, 3.05) is 13.7 Å². The summed E-state index contributed by atoms with van der Waals surface area (Å²) in [5.74, 6) is 0.661. The van der Waals surface area contributed by atoms with Crippen LogP contribution in [0.2, 0.25) is 0 Å². The van der Waals surface area contributed by atoms with E-state index in [1.54, 1.807) is 30.6 Å². The highest BCUT2D eigenvalue weighted by molar-refractivity contribution is 7.18. The third kappa shape index (κ3) is 4.70. The van der Waals surface area contributed by atoms with E-state index in [-0.39, 0.29) is 5.91 Å². The van der Waals surface area contributed by atoms with Crippen LogP contribution in [0.5, 0.6) is 5.75 Å². The topological polar surface area (TPSA) is 51.2 Å². The summed E-state index contributed by atoms with van der Waals surface area (Å²) in [6, 6.07) is 14.0. The van der Waals surface area contributed by atoms with Gasteiger partial charge in [-0.3, -0.25) is 4.79 Å². The Kier molecular flexibility index (Phi) is 6.02. The highest BCUT2D eigenvalue weighted by Crippen LogP contribution is 2.22. The standard InChI is InChI=1S/C21H22N2O2S/c1-15-9-11-18(25-2)16(14-15)10-12-20(24)22-13-5-8-21-23-17-6-3-4-7-19(17)26-21/h3-4,6-7,9-12,14H,5,8,13H2,1-2H3,(H,22,24)/b12-10+. The number of carbonyl (C=O) groups is 1. The lowest BCUT2D eigenvalue weighted by Crippen LogP contribution is -2.22. The molecule has 0 radical (unpaired) electrons. The number of fused-ring (bicyclic) bond motifs is 1. The van der Waals surface area contributed by atoms with E-state index in [1.165, 1.54) is 4.70 Å². The van der Waals surface area contributed by atoms with E-state index in [0.717, 1.165) is 40.2 Å². The fraction of sp³-hybridized carbons (Fsp3) is 0.238. The van der Waals surface area contributed by atoms with Gasteiger partial charge in [0.05, 0.1) is 22.3 Å². The van der Waals surface area contributed by atoms with Gasteiger partial charge in [0, 0.05) is 24.6 Å². The van der Waals surface area contributed by atoms with Crippen molar-refractivity contribution in [2.24, 2.45) is 0 Å². The number of thiazole rings is 1. The number of aromatic nitrogens is 1. The van der Waals surface area contributed by atoms with Gasteiger partial charge in [-0.15, -0.1) is 11.3 Å². The molecule has 1 amide bonds. The summed E-state index contributed by atoms with van der Waals surface area (Å²) in [4.78, 5) is 16.6. The Morgan fingerprint density at radius 1 is 1.27 bits per heavy atom. The van der Waals surface area contributed by atoms with Crippen molar-refractivity contribution in [3.8, 4) is 5.75 Å². The summed E-state index contributed by atoms with van der Waals surface area (Å²) in [7, 11) is 1.63. The Morgan fingerprint density at radius 2 is 2.12 bits per heavy atom. The molecule has 1 aromatic heterocycles. The number of hydrogen-bond acceptors (Lipinski definition) is 4. The van der Waals surface area contributed by atoms with Gasteiger partial charge in [0.25, 0.3) is 0 Å². The van der Waals surface area contributed by atoms with Crippen LogP contribution < -0.4 is 10.1 Å². The number of amides is 1. The third-order valence-corrected chi connectivity index (χ3v) is 5.10. The maximum atomic E-state index is 12.0. The van der Waals surface area contributed by atoms with E-state index in [2.05, 4.69) is 16.4 Å². The molecule has 0 aliphatic rings. The van der Waals surface area contributed by atoms with Crippen LogP contribution in [0, 0.1) is 6.92 Å². The van der Waals surface area contributed by atoms with Crippen molar-refractivity contribution in [1.29, 1.82) is 0 Å². The van der Waals surface area contributed by atoms with Crippen LogP contribution in [0.3, 0.4) is 0 Å². The summed E-state index contributed by atoms with van der Waals surface area (Å²) < 4.78 is 6.53. The first kappa shape index (κ1) is 18.1. The molecule has 134 valence electrons. The van der Waals surface area contributed by atoms with E-state index in [4.69, 9.17) is 4.74 Å². The molecule has 1 heterocycles. The number of aryl methyl sites for hydroxylation is 2. The van der Waals surface area contributed by atoms with Crippen molar-refractivity contribution in [3.63, 3.8) is 0 Å². The molecule has 0 aliphatic carbocycles. The first-order chi connectivity index (χ1) is 12.7. The number of methoxy groups -OCH3 is 1. The molecule has 26 heavy (non-hydrogen) atoms. The monoisotopic (exact) mass is 366 g/mol. The van der Waals surface area contributed by atoms with E-state index in [1.807, 2.05) is 43.3 Å². The molecule has 0 aliphatic heterocycles. The fourth-order valence-corrected chi connectivity index (χ4v) is 3.70. The molecule has 4 nitrogen and oxygen atoms in total. The van der Waals surface area contributed by atoms with Gasteiger partial charge in [-0.2, -0.15) is 0 Å². The highest BCUT2D eigenvalue weighted by Gasteiger charge is 2.04. The third-order valence-electron chi connectivity index (χ3n) is 4.00. The molecule has 0 bridgehead atoms. The van der Waals surface area contributed by atoms with E-state index < -0.39 is 0 Å². The number of hydrogen-bond donors (Lipinski definition) is 1. The molecule has 0 spiro atoms. The average molecular weight is 366 g/mol. The van der Waals surface area contributed by atoms with Crippen LogP contribution in [0.25, 0.3) is 16.3 Å². The molecule has 3 rings (SSSR count). The molecule has 3 aromatic rings. The summed E-state index contributed by atoms with van der Waals surface area (Å²) in [6.07, 6.45) is 5.08. The van der Waals surface area contributed by atoms with Crippen LogP contribution >= 0.6 is 11.3 Å². The van der Waals surface area contributed by atoms with Crippen LogP contribution in [-0.2, 0) is 11.2 Å². The zero-order valence-corrected chi connectivity index (χ0v) is 15.8. The second-order valence-electron chi connectivity index (χ2n) is 6.05. The van der Waals surface area contributed by atoms with Gasteiger partial charge in [0.2, 0.25) is 5.91 Å². The second kappa shape index (κ2) is 8.63. The highest BCUT2D eigenvalue weighted by atomic mass is 32.1. The van der Waals surface area contributed by atoms with Crippen molar-refractivity contribution >= 4 is 33.5 Å². The van der Waals surface area contributed by atoms with Gasteiger partial charge in [-0.1, -0.05) is 23.8 Å². The van der Waals surface area contributed by atoms with Crippen molar-refractivity contribution in [3.05, 3.63) is 64.7 Å². The molecule has 0 atom stereocenters. The molecule has 1 N–H and O–H groups in total. The lowest BCUT2D eigenvalue weighted by atomic mass is 10.1. The summed E-state index contributed by atoms with van der Waals surface area (Å²) in [6.45, 7) is 2.64.